The van der Waals surface area contributed by atoms with Crippen molar-refractivity contribution in [1.82, 2.24) is 20.4 Å². The van der Waals surface area contributed by atoms with Crippen molar-refractivity contribution < 1.29 is 19.1 Å². The molecular weight excluding hydrogens is 372 g/mol. The monoisotopic (exact) mass is 400 g/mol. The van der Waals surface area contributed by atoms with Gasteiger partial charge in [-0.2, -0.15) is 5.10 Å². The number of benzene rings is 1. The third kappa shape index (κ3) is 5.91. The molecule has 1 heterocycles. The second kappa shape index (κ2) is 9.86. The summed E-state index contributed by atoms with van der Waals surface area (Å²) in [6, 6.07) is 7.38. The summed E-state index contributed by atoms with van der Waals surface area (Å²) in [7, 11) is 0. The van der Waals surface area contributed by atoms with Gasteiger partial charge in [-0.1, -0.05) is 29.8 Å². The number of esters is 1. The molecule has 156 valence electrons. The molecule has 1 aromatic carbocycles. The molecule has 8 nitrogen and oxygen atoms in total. The third-order valence-electron chi connectivity index (χ3n) is 4.49. The third-order valence-corrected chi connectivity index (χ3v) is 4.49. The Labute approximate surface area is 170 Å². The minimum Gasteiger partial charge on any atom is -0.452 e. The number of aromatic nitrogens is 2. The van der Waals surface area contributed by atoms with Gasteiger partial charge in [0.1, 0.15) is 11.6 Å². The highest BCUT2D eigenvalue weighted by Gasteiger charge is 2.22. The lowest BCUT2D eigenvalue weighted by Crippen LogP contribution is -2.46. The van der Waals surface area contributed by atoms with Gasteiger partial charge < -0.3 is 15.4 Å². The van der Waals surface area contributed by atoms with Crippen molar-refractivity contribution in [2.75, 3.05) is 13.2 Å². The van der Waals surface area contributed by atoms with E-state index in [0.29, 0.717) is 30.0 Å². The molecule has 0 aliphatic carbocycles. The van der Waals surface area contributed by atoms with E-state index < -0.39 is 24.5 Å². The molecule has 0 radical (unpaired) electrons. The minimum absolute atomic E-state index is 0.295. The summed E-state index contributed by atoms with van der Waals surface area (Å²) in [4.78, 5) is 36.1. The number of likely N-dealkylation sites (N-methyl/N-ethyl adjacent to an activating group) is 1. The molecule has 0 saturated carbocycles. The first-order chi connectivity index (χ1) is 13.7. The van der Waals surface area contributed by atoms with E-state index in [1.807, 2.05) is 31.2 Å². The summed E-state index contributed by atoms with van der Waals surface area (Å²) in [5.74, 6) is -1.45. The van der Waals surface area contributed by atoms with E-state index in [0.717, 1.165) is 5.56 Å². The Balaban J connectivity index is 1.98. The zero-order valence-corrected chi connectivity index (χ0v) is 17.5. The Morgan fingerprint density at radius 1 is 1.14 bits per heavy atom. The van der Waals surface area contributed by atoms with Crippen LogP contribution >= 0.6 is 0 Å². The highest BCUT2D eigenvalue weighted by atomic mass is 16.5. The van der Waals surface area contributed by atoms with Gasteiger partial charge in [0.05, 0.1) is 17.9 Å². The normalized spacial score (nSPS) is 11.6. The van der Waals surface area contributed by atoms with Crippen molar-refractivity contribution in [3.8, 4) is 0 Å². The average molecular weight is 400 g/mol. The lowest BCUT2D eigenvalue weighted by molar-refractivity contribution is -0.130. The second-order valence-electron chi connectivity index (χ2n) is 6.95. The smallest absolute Gasteiger partial charge is 0.342 e. The molecule has 0 saturated heterocycles. The van der Waals surface area contributed by atoms with E-state index in [1.54, 1.807) is 32.4 Å². The quantitative estimate of drug-likeness (QED) is 0.656. The fraction of sp³-hybridized carbons (Fsp3) is 0.429. The van der Waals surface area contributed by atoms with Gasteiger partial charge in [0.15, 0.2) is 6.61 Å². The zero-order valence-electron chi connectivity index (χ0n) is 17.5. The highest BCUT2D eigenvalue weighted by molar-refractivity contribution is 5.94. The van der Waals surface area contributed by atoms with Crippen LogP contribution in [0.5, 0.6) is 0 Å². The first kappa shape index (κ1) is 22.1. The van der Waals surface area contributed by atoms with Crippen molar-refractivity contribution >= 4 is 17.8 Å². The van der Waals surface area contributed by atoms with E-state index in [1.165, 1.54) is 5.56 Å². The summed E-state index contributed by atoms with van der Waals surface area (Å²) in [5.41, 5.74) is 3.80. The molecule has 2 aromatic rings. The van der Waals surface area contributed by atoms with E-state index in [9.17, 15) is 14.4 Å². The SMILES string of the molecule is CCNC(=O)[C@H](C)NC(=O)COC(=O)c1c(C)nn(Cc2ccc(C)cc2)c1C. The molecule has 2 amide bonds. The largest absolute Gasteiger partial charge is 0.452 e. The van der Waals surface area contributed by atoms with Crippen molar-refractivity contribution in [1.29, 1.82) is 0 Å². The van der Waals surface area contributed by atoms with Gasteiger partial charge >= 0.3 is 5.97 Å². The number of carbonyl (C=O) groups is 3. The topological polar surface area (TPSA) is 102 Å². The second-order valence-corrected chi connectivity index (χ2v) is 6.95. The molecule has 0 aliphatic rings. The van der Waals surface area contributed by atoms with Crippen LogP contribution < -0.4 is 10.6 Å². The van der Waals surface area contributed by atoms with Gasteiger partial charge in [-0.3, -0.25) is 14.3 Å². The molecule has 1 atom stereocenters. The van der Waals surface area contributed by atoms with Crippen LogP contribution in [0.2, 0.25) is 0 Å². The van der Waals surface area contributed by atoms with Gasteiger partial charge in [-0.25, -0.2) is 4.79 Å². The summed E-state index contributed by atoms with van der Waals surface area (Å²) in [6.45, 7) is 9.43. The van der Waals surface area contributed by atoms with Crippen molar-refractivity contribution in [2.45, 2.75) is 47.2 Å². The predicted octanol–water partition coefficient (Wildman–Crippen LogP) is 1.65. The van der Waals surface area contributed by atoms with Gasteiger partial charge in [0.25, 0.3) is 5.91 Å². The number of nitrogens with one attached hydrogen (secondary N) is 2. The standard InChI is InChI=1S/C21H28N4O4/c1-6-22-20(27)15(4)23-18(26)12-29-21(28)19-14(3)24-25(16(19)5)11-17-9-7-13(2)8-10-17/h7-10,15H,6,11-12H2,1-5H3,(H,22,27)(H,23,26)/t15-/m0/s1. The van der Waals surface area contributed by atoms with Crippen LogP contribution in [0.4, 0.5) is 0 Å². The number of aryl methyl sites for hydroxylation is 2. The number of carbonyl (C=O) groups excluding carboxylic acids is 3. The fourth-order valence-electron chi connectivity index (χ4n) is 2.89. The van der Waals surface area contributed by atoms with Crippen molar-refractivity contribution in [3.63, 3.8) is 0 Å². The number of amides is 2. The van der Waals surface area contributed by atoms with Gasteiger partial charge in [-0.05, 0) is 40.2 Å². The number of ether oxygens (including phenoxy) is 1. The summed E-state index contributed by atoms with van der Waals surface area (Å²) >= 11 is 0. The number of rotatable bonds is 8. The molecule has 2 rings (SSSR count). The summed E-state index contributed by atoms with van der Waals surface area (Å²) in [5, 5.41) is 9.53. The summed E-state index contributed by atoms with van der Waals surface area (Å²) < 4.78 is 6.88. The number of hydrogen-bond donors (Lipinski definition) is 2. The molecule has 29 heavy (non-hydrogen) atoms. The maximum atomic E-state index is 12.5. The average Bonchev–Trinajstić information content (AvgIpc) is 2.95. The van der Waals surface area contributed by atoms with Crippen LogP contribution in [0.3, 0.4) is 0 Å². The minimum atomic E-state index is -0.707. The van der Waals surface area contributed by atoms with Crippen LogP contribution in [0, 0.1) is 20.8 Å². The Hall–Kier alpha value is -3.16. The van der Waals surface area contributed by atoms with Crippen LogP contribution in [0.15, 0.2) is 24.3 Å². The molecule has 0 aliphatic heterocycles. The Kier molecular flexibility index (Phi) is 7.52. The van der Waals surface area contributed by atoms with E-state index in [-0.39, 0.29) is 5.91 Å². The molecule has 8 heteroatoms. The van der Waals surface area contributed by atoms with Crippen LogP contribution in [0.25, 0.3) is 0 Å². The molecule has 1 aromatic heterocycles. The lowest BCUT2D eigenvalue weighted by Gasteiger charge is -2.13. The van der Waals surface area contributed by atoms with Crippen LogP contribution in [0.1, 0.15) is 46.7 Å². The van der Waals surface area contributed by atoms with E-state index >= 15 is 0 Å². The maximum absolute atomic E-state index is 12.5. The molecule has 0 bridgehead atoms. The molecule has 0 spiro atoms. The van der Waals surface area contributed by atoms with Crippen LogP contribution in [-0.4, -0.2) is 46.8 Å². The van der Waals surface area contributed by atoms with Crippen LogP contribution in [-0.2, 0) is 20.9 Å². The Morgan fingerprint density at radius 3 is 2.41 bits per heavy atom. The predicted molar refractivity (Wildman–Crippen MR) is 109 cm³/mol. The molecule has 2 N–H and O–H groups in total. The van der Waals surface area contributed by atoms with Gasteiger partial charge in [0, 0.05) is 6.54 Å². The first-order valence-corrected chi connectivity index (χ1v) is 9.56. The van der Waals surface area contributed by atoms with E-state index in [4.69, 9.17) is 4.74 Å². The summed E-state index contributed by atoms with van der Waals surface area (Å²) in [6.07, 6.45) is 0. The number of hydrogen-bond acceptors (Lipinski definition) is 5. The first-order valence-electron chi connectivity index (χ1n) is 9.56. The van der Waals surface area contributed by atoms with E-state index in [2.05, 4.69) is 15.7 Å². The molecular formula is C21H28N4O4. The lowest BCUT2D eigenvalue weighted by atomic mass is 10.1. The molecule has 0 unspecified atom stereocenters. The number of nitrogens with zero attached hydrogens (tertiary/aromatic N) is 2. The van der Waals surface area contributed by atoms with Gasteiger partial charge in [0.2, 0.25) is 5.91 Å². The fourth-order valence-corrected chi connectivity index (χ4v) is 2.89. The Morgan fingerprint density at radius 2 is 1.79 bits per heavy atom. The maximum Gasteiger partial charge on any atom is 0.342 e. The Bertz CT molecular complexity index is 887. The zero-order chi connectivity index (χ0) is 21.6. The van der Waals surface area contributed by atoms with Crippen molar-refractivity contribution in [2.24, 2.45) is 0 Å². The van der Waals surface area contributed by atoms with Gasteiger partial charge in [-0.15, -0.1) is 0 Å². The highest BCUT2D eigenvalue weighted by Crippen LogP contribution is 2.16. The van der Waals surface area contributed by atoms with Crippen molar-refractivity contribution in [3.05, 3.63) is 52.3 Å². The molecule has 0 fully saturated rings.